The molecule has 1 aromatic rings. The summed E-state index contributed by atoms with van der Waals surface area (Å²) in [5.74, 6) is 0.339. The molecule has 1 saturated heterocycles. The van der Waals surface area contributed by atoms with Gasteiger partial charge in [0.05, 0.1) is 0 Å². The Kier molecular flexibility index (Phi) is 5.04. The topological polar surface area (TPSA) is 62.5 Å². The van der Waals surface area contributed by atoms with E-state index in [4.69, 9.17) is 5.11 Å². The van der Waals surface area contributed by atoms with Crippen LogP contribution in [0, 0.1) is 11.8 Å². The first-order chi connectivity index (χ1) is 9.99. The molecule has 5 nitrogen and oxygen atoms in total. The van der Waals surface area contributed by atoms with E-state index in [2.05, 4.69) is 13.8 Å². The molecule has 1 amide bonds. The van der Waals surface area contributed by atoms with E-state index in [-0.39, 0.29) is 12.5 Å². The van der Waals surface area contributed by atoms with Crippen molar-refractivity contribution in [3.8, 4) is 0 Å². The van der Waals surface area contributed by atoms with Crippen LogP contribution < -0.4 is 0 Å². The highest BCUT2D eigenvalue weighted by molar-refractivity contribution is 5.93. The smallest absolute Gasteiger partial charge is 0.323 e. The van der Waals surface area contributed by atoms with Crippen molar-refractivity contribution in [1.29, 1.82) is 0 Å². The lowest BCUT2D eigenvalue weighted by Gasteiger charge is -2.22. The van der Waals surface area contributed by atoms with Crippen LogP contribution in [-0.4, -0.2) is 39.5 Å². The van der Waals surface area contributed by atoms with Gasteiger partial charge in [-0.1, -0.05) is 13.8 Å². The summed E-state index contributed by atoms with van der Waals surface area (Å²) >= 11 is 0. The molecule has 1 aromatic heterocycles. The molecule has 0 bridgehead atoms. The second-order valence-corrected chi connectivity index (χ2v) is 6.14. The summed E-state index contributed by atoms with van der Waals surface area (Å²) < 4.78 is 1.51. The molecule has 1 unspecified atom stereocenters. The molecular weight excluding hydrogens is 268 g/mol. The highest BCUT2D eigenvalue weighted by Gasteiger charge is 2.24. The first kappa shape index (κ1) is 15.6. The zero-order valence-electron chi connectivity index (χ0n) is 12.8. The van der Waals surface area contributed by atoms with Crippen molar-refractivity contribution in [2.24, 2.45) is 11.8 Å². The number of carboxylic acid groups (broad SMARTS) is 1. The third-order valence-corrected chi connectivity index (χ3v) is 4.36. The fourth-order valence-electron chi connectivity index (χ4n) is 3.05. The number of rotatable bonds is 4. The molecule has 2 rings (SSSR count). The van der Waals surface area contributed by atoms with E-state index in [9.17, 15) is 9.59 Å². The summed E-state index contributed by atoms with van der Waals surface area (Å²) in [4.78, 5) is 25.3. The predicted octanol–water partition coefficient (Wildman–Crippen LogP) is 2.47. The van der Waals surface area contributed by atoms with Crippen molar-refractivity contribution in [1.82, 2.24) is 9.47 Å². The molecule has 0 aromatic carbocycles. The molecule has 1 fully saturated rings. The maximum absolute atomic E-state index is 12.6. The minimum absolute atomic E-state index is 0.0503. The molecule has 21 heavy (non-hydrogen) atoms. The van der Waals surface area contributed by atoms with Crippen LogP contribution >= 0.6 is 0 Å². The van der Waals surface area contributed by atoms with Gasteiger partial charge in [-0.2, -0.15) is 0 Å². The average molecular weight is 292 g/mol. The van der Waals surface area contributed by atoms with Crippen molar-refractivity contribution < 1.29 is 14.7 Å². The van der Waals surface area contributed by atoms with Gasteiger partial charge in [-0.25, -0.2) is 0 Å². The number of carboxylic acids is 1. The average Bonchev–Trinajstić information content (AvgIpc) is 2.72. The number of amides is 1. The Bertz CT molecular complexity index is 507. The lowest BCUT2D eigenvalue weighted by atomic mass is 9.89. The first-order valence-corrected chi connectivity index (χ1v) is 7.65. The molecule has 0 saturated carbocycles. The number of likely N-dealkylation sites (tertiary alicyclic amines) is 1. The zero-order valence-corrected chi connectivity index (χ0v) is 12.8. The molecule has 1 aliphatic rings. The summed E-state index contributed by atoms with van der Waals surface area (Å²) in [5, 5.41) is 8.90. The Hall–Kier alpha value is -1.78. The van der Waals surface area contributed by atoms with Crippen LogP contribution in [0.4, 0.5) is 0 Å². The first-order valence-electron chi connectivity index (χ1n) is 7.65. The summed E-state index contributed by atoms with van der Waals surface area (Å²) in [5.41, 5.74) is 0.473. The number of hydrogen-bond donors (Lipinski definition) is 1. The molecular formula is C16H24N2O3. The fraction of sp³-hybridized carbons (Fsp3) is 0.625. The highest BCUT2D eigenvalue weighted by Crippen LogP contribution is 2.25. The largest absolute Gasteiger partial charge is 0.480 e. The molecule has 0 spiro atoms. The summed E-state index contributed by atoms with van der Waals surface area (Å²) in [6, 6.07) is 3.43. The van der Waals surface area contributed by atoms with E-state index >= 15 is 0 Å². The minimum atomic E-state index is -0.934. The lowest BCUT2D eigenvalue weighted by molar-refractivity contribution is -0.137. The number of carbonyl (C=O) groups is 2. The Morgan fingerprint density at radius 2 is 2.10 bits per heavy atom. The van der Waals surface area contributed by atoms with Gasteiger partial charge < -0.3 is 14.6 Å². The van der Waals surface area contributed by atoms with Gasteiger partial charge in [0, 0.05) is 19.3 Å². The molecule has 5 heteroatoms. The van der Waals surface area contributed by atoms with E-state index in [1.54, 1.807) is 18.3 Å². The standard InChI is InChI=1S/C16H24N2O3/c1-12(2)13-5-3-8-17(10-7-13)16(21)14-6-4-9-18(14)11-15(19)20/h4,6,9,12-13H,3,5,7-8,10-11H2,1-2H3,(H,19,20). The number of aromatic nitrogens is 1. The maximum atomic E-state index is 12.6. The monoisotopic (exact) mass is 292 g/mol. The zero-order chi connectivity index (χ0) is 15.4. The van der Waals surface area contributed by atoms with Gasteiger partial charge in [0.15, 0.2) is 0 Å². The number of nitrogens with zero attached hydrogens (tertiary/aromatic N) is 2. The van der Waals surface area contributed by atoms with Crippen LogP contribution in [-0.2, 0) is 11.3 Å². The maximum Gasteiger partial charge on any atom is 0.323 e. The van der Waals surface area contributed by atoms with Gasteiger partial charge in [-0.3, -0.25) is 9.59 Å². The van der Waals surface area contributed by atoms with Crippen molar-refractivity contribution in [3.05, 3.63) is 24.0 Å². The Morgan fingerprint density at radius 1 is 1.33 bits per heavy atom. The molecule has 1 aliphatic heterocycles. The minimum Gasteiger partial charge on any atom is -0.480 e. The van der Waals surface area contributed by atoms with Gasteiger partial charge in [0.2, 0.25) is 0 Å². The van der Waals surface area contributed by atoms with Gasteiger partial charge in [0.25, 0.3) is 5.91 Å². The van der Waals surface area contributed by atoms with E-state index in [0.717, 1.165) is 32.4 Å². The third-order valence-electron chi connectivity index (χ3n) is 4.36. The van der Waals surface area contributed by atoms with E-state index in [1.165, 1.54) is 4.57 Å². The molecule has 0 aliphatic carbocycles. The van der Waals surface area contributed by atoms with Gasteiger partial charge in [-0.05, 0) is 43.2 Å². The number of hydrogen-bond acceptors (Lipinski definition) is 2. The second-order valence-electron chi connectivity index (χ2n) is 6.14. The van der Waals surface area contributed by atoms with Crippen molar-refractivity contribution in [2.45, 2.75) is 39.7 Å². The van der Waals surface area contributed by atoms with Crippen LogP contribution in [0.2, 0.25) is 0 Å². The second kappa shape index (κ2) is 6.78. The van der Waals surface area contributed by atoms with E-state index in [1.807, 2.05) is 4.90 Å². The Labute approximate surface area is 125 Å². The highest BCUT2D eigenvalue weighted by atomic mass is 16.4. The van der Waals surface area contributed by atoms with Gasteiger partial charge >= 0.3 is 5.97 Å². The lowest BCUT2D eigenvalue weighted by Crippen LogP contribution is -2.34. The van der Waals surface area contributed by atoms with Crippen LogP contribution in [0.15, 0.2) is 18.3 Å². The molecule has 116 valence electrons. The van der Waals surface area contributed by atoms with E-state index < -0.39 is 5.97 Å². The van der Waals surface area contributed by atoms with Gasteiger partial charge in [0.1, 0.15) is 12.2 Å². The summed E-state index contributed by atoms with van der Waals surface area (Å²) in [6.45, 7) is 5.83. The quantitative estimate of drug-likeness (QED) is 0.927. The van der Waals surface area contributed by atoms with Crippen molar-refractivity contribution in [3.63, 3.8) is 0 Å². The molecule has 2 heterocycles. The Morgan fingerprint density at radius 3 is 2.76 bits per heavy atom. The van der Waals surface area contributed by atoms with E-state index in [0.29, 0.717) is 17.5 Å². The van der Waals surface area contributed by atoms with Gasteiger partial charge in [-0.15, -0.1) is 0 Å². The number of aliphatic carboxylic acids is 1. The molecule has 1 atom stereocenters. The van der Waals surface area contributed by atoms with Crippen LogP contribution in [0.25, 0.3) is 0 Å². The van der Waals surface area contributed by atoms with Crippen molar-refractivity contribution >= 4 is 11.9 Å². The number of carbonyl (C=O) groups excluding carboxylic acids is 1. The molecule has 1 N–H and O–H groups in total. The molecule has 0 radical (unpaired) electrons. The van der Waals surface area contributed by atoms with Crippen LogP contribution in [0.5, 0.6) is 0 Å². The fourth-order valence-corrected chi connectivity index (χ4v) is 3.05. The Balaban J connectivity index is 2.06. The summed E-state index contributed by atoms with van der Waals surface area (Å²) in [7, 11) is 0. The third kappa shape index (κ3) is 3.86. The SMILES string of the molecule is CC(C)C1CCCN(C(=O)c2cccn2CC(=O)O)CC1. The van der Waals surface area contributed by atoms with Crippen LogP contribution in [0.1, 0.15) is 43.6 Å². The van der Waals surface area contributed by atoms with Crippen LogP contribution in [0.3, 0.4) is 0 Å². The predicted molar refractivity (Wildman–Crippen MR) is 80.2 cm³/mol. The summed E-state index contributed by atoms with van der Waals surface area (Å²) in [6.07, 6.45) is 4.87. The normalized spacial score (nSPS) is 19.6. The van der Waals surface area contributed by atoms with Crippen molar-refractivity contribution in [2.75, 3.05) is 13.1 Å².